The molecule has 2 heterocycles. The first-order chi connectivity index (χ1) is 13.1. The fourth-order valence-electron chi connectivity index (χ4n) is 4.65. The molecule has 1 aromatic carbocycles. The Hall–Kier alpha value is -1.64. The molecule has 1 N–H and O–H groups in total. The maximum atomic E-state index is 14.6. The second-order valence-electron chi connectivity index (χ2n) is 7.91. The molecule has 1 aliphatic carbocycles. The molecule has 1 aliphatic heterocycles. The van der Waals surface area contributed by atoms with Crippen LogP contribution in [0.4, 0.5) is 4.39 Å². The maximum Gasteiger partial charge on any atom is 0.193 e. The molecule has 5 nitrogen and oxygen atoms in total. The van der Waals surface area contributed by atoms with E-state index in [1.165, 1.54) is 32.1 Å². The minimum absolute atomic E-state index is 0. The molecule has 1 saturated carbocycles. The Kier molecular flexibility index (Phi) is 6.62. The minimum Gasteiger partial charge on any atom is -0.352 e. The highest BCUT2D eigenvalue weighted by Crippen LogP contribution is 2.45. The Bertz CT molecular complexity index is 841. The Labute approximate surface area is 183 Å². The molecule has 0 bridgehead atoms. The third-order valence-electron chi connectivity index (χ3n) is 6.16. The molecule has 0 unspecified atom stereocenters. The lowest BCUT2D eigenvalue weighted by molar-refractivity contribution is 0.309. The van der Waals surface area contributed by atoms with E-state index in [2.05, 4.69) is 20.2 Å². The van der Waals surface area contributed by atoms with Crippen molar-refractivity contribution in [1.82, 2.24) is 19.8 Å². The van der Waals surface area contributed by atoms with Crippen LogP contribution in [-0.4, -0.2) is 40.5 Å². The summed E-state index contributed by atoms with van der Waals surface area (Å²) < 4.78 is 16.3. The molecule has 0 radical (unpaired) electrons. The van der Waals surface area contributed by atoms with Gasteiger partial charge in [-0.05, 0) is 49.3 Å². The lowest BCUT2D eigenvalue weighted by Crippen LogP contribution is -2.40. The number of aryl methyl sites for hydroxylation is 1. The van der Waals surface area contributed by atoms with Crippen molar-refractivity contribution in [2.24, 2.45) is 10.4 Å². The molecule has 4 rings (SSSR count). The molecule has 7 heteroatoms. The normalized spacial score (nSPS) is 18.5. The van der Waals surface area contributed by atoms with E-state index in [-0.39, 0.29) is 29.8 Å². The monoisotopic (exact) mass is 497 g/mol. The van der Waals surface area contributed by atoms with Gasteiger partial charge in [0.15, 0.2) is 5.96 Å². The van der Waals surface area contributed by atoms with Crippen LogP contribution in [0.5, 0.6) is 0 Å². The second-order valence-corrected chi connectivity index (χ2v) is 7.91. The zero-order valence-electron chi connectivity index (χ0n) is 16.6. The quantitative estimate of drug-likeness (QED) is 0.391. The van der Waals surface area contributed by atoms with Crippen molar-refractivity contribution in [3.63, 3.8) is 0 Å². The van der Waals surface area contributed by atoms with Gasteiger partial charge in [0, 0.05) is 39.1 Å². The van der Waals surface area contributed by atoms with Crippen molar-refractivity contribution in [2.45, 2.75) is 45.6 Å². The van der Waals surface area contributed by atoms with Crippen LogP contribution in [0.1, 0.15) is 43.5 Å². The Balaban J connectivity index is 0.00000225. The minimum atomic E-state index is -0.239. The smallest absolute Gasteiger partial charge is 0.193 e. The van der Waals surface area contributed by atoms with Crippen LogP contribution in [0, 0.1) is 18.2 Å². The molecule has 152 valence electrons. The Morgan fingerprint density at radius 2 is 2.07 bits per heavy atom. The first kappa shape index (κ1) is 21.1. The molecule has 1 aromatic heterocycles. The van der Waals surface area contributed by atoms with E-state index in [4.69, 9.17) is 0 Å². The van der Waals surface area contributed by atoms with Crippen LogP contribution in [0.15, 0.2) is 35.6 Å². The number of nitrogens with zero attached hydrogens (tertiary/aromatic N) is 4. The van der Waals surface area contributed by atoms with Crippen molar-refractivity contribution in [3.8, 4) is 5.69 Å². The summed E-state index contributed by atoms with van der Waals surface area (Å²) in [6.45, 7) is 4.59. The van der Waals surface area contributed by atoms with Gasteiger partial charge in [0.1, 0.15) is 11.6 Å². The summed E-state index contributed by atoms with van der Waals surface area (Å²) in [5.74, 6) is 1.46. The van der Waals surface area contributed by atoms with E-state index in [0.717, 1.165) is 30.4 Å². The largest absolute Gasteiger partial charge is 0.352 e. The average Bonchev–Trinajstić information content (AvgIpc) is 3.39. The second kappa shape index (κ2) is 8.80. The van der Waals surface area contributed by atoms with Crippen LogP contribution in [-0.2, 0) is 6.54 Å². The van der Waals surface area contributed by atoms with Crippen molar-refractivity contribution in [1.29, 1.82) is 0 Å². The number of guanidine groups is 1. The van der Waals surface area contributed by atoms with E-state index in [1.807, 2.05) is 26.1 Å². The lowest BCUT2D eigenvalue weighted by Gasteiger charge is -2.26. The SMILES string of the molecule is CN=C(NCc1ccc(-n2ccnc2C)c(F)c1)N1CCC2(CCCC2)C1.I. The molecular formula is C21H29FIN5. The van der Waals surface area contributed by atoms with Gasteiger partial charge < -0.3 is 14.8 Å². The topological polar surface area (TPSA) is 45.5 Å². The summed E-state index contributed by atoms with van der Waals surface area (Å²) in [4.78, 5) is 11.0. The molecule has 28 heavy (non-hydrogen) atoms. The maximum absolute atomic E-state index is 14.6. The van der Waals surface area contributed by atoms with Gasteiger partial charge in [-0.25, -0.2) is 9.37 Å². The lowest BCUT2D eigenvalue weighted by atomic mass is 9.86. The third kappa shape index (κ3) is 4.18. The standard InChI is InChI=1S/C21H28FN5.HI/c1-16-24-10-12-27(16)19-6-5-17(13-18(19)22)14-25-20(23-2)26-11-9-21(15-26)7-3-4-8-21;/h5-6,10,12-13H,3-4,7-9,11,14-15H2,1-2H3,(H,23,25);1H. The van der Waals surface area contributed by atoms with Gasteiger partial charge in [-0.15, -0.1) is 24.0 Å². The first-order valence-corrected chi connectivity index (χ1v) is 9.85. The van der Waals surface area contributed by atoms with Crippen LogP contribution in [0.2, 0.25) is 0 Å². The number of rotatable bonds is 3. The van der Waals surface area contributed by atoms with Crippen molar-refractivity contribution < 1.29 is 4.39 Å². The molecular weight excluding hydrogens is 468 g/mol. The predicted octanol–water partition coefficient (Wildman–Crippen LogP) is 4.28. The fourth-order valence-corrected chi connectivity index (χ4v) is 4.65. The van der Waals surface area contributed by atoms with Gasteiger partial charge in [0.25, 0.3) is 0 Å². The van der Waals surface area contributed by atoms with Gasteiger partial charge in [-0.2, -0.15) is 0 Å². The molecule has 0 atom stereocenters. The van der Waals surface area contributed by atoms with Gasteiger partial charge in [-0.3, -0.25) is 4.99 Å². The van der Waals surface area contributed by atoms with Gasteiger partial charge in [-0.1, -0.05) is 18.9 Å². The summed E-state index contributed by atoms with van der Waals surface area (Å²) in [6, 6.07) is 5.37. The van der Waals surface area contributed by atoms with Crippen molar-refractivity contribution >= 4 is 29.9 Å². The molecule has 1 saturated heterocycles. The first-order valence-electron chi connectivity index (χ1n) is 9.85. The van der Waals surface area contributed by atoms with E-state index in [0.29, 0.717) is 17.6 Å². The van der Waals surface area contributed by atoms with Crippen LogP contribution in [0.3, 0.4) is 0 Å². The number of hydrogen-bond donors (Lipinski definition) is 1. The van der Waals surface area contributed by atoms with Crippen molar-refractivity contribution in [2.75, 3.05) is 20.1 Å². The van der Waals surface area contributed by atoms with E-state index < -0.39 is 0 Å². The molecule has 2 aromatic rings. The van der Waals surface area contributed by atoms with Crippen LogP contribution >= 0.6 is 24.0 Å². The molecule has 1 spiro atoms. The third-order valence-corrected chi connectivity index (χ3v) is 6.16. The zero-order valence-corrected chi connectivity index (χ0v) is 18.9. The van der Waals surface area contributed by atoms with Gasteiger partial charge in [0.05, 0.1) is 5.69 Å². The average molecular weight is 497 g/mol. The number of aliphatic imine (C=N–C) groups is 1. The highest BCUT2D eigenvalue weighted by atomic mass is 127. The summed E-state index contributed by atoms with van der Waals surface area (Å²) in [5.41, 5.74) is 1.94. The zero-order chi connectivity index (χ0) is 18.9. The molecule has 2 aliphatic rings. The predicted molar refractivity (Wildman–Crippen MR) is 121 cm³/mol. The number of nitrogens with one attached hydrogen (secondary N) is 1. The number of halogens is 2. The number of hydrogen-bond acceptors (Lipinski definition) is 2. The fraction of sp³-hybridized carbons (Fsp3) is 0.524. The number of aromatic nitrogens is 2. The highest BCUT2D eigenvalue weighted by Gasteiger charge is 2.41. The van der Waals surface area contributed by atoms with E-state index in [9.17, 15) is 4.39 Å². The number of benzene rings is 1. The van der Waals surface area contributed by atoms with Gasteiger partial charge >= 0.3 is 0 Å². The number of likely N-dealkylation sites (tertiary alicyclic amines) is 1. The van der Waals surface area contributed by atoms with Crippen molar-refractivity contribution in [3.05, 3.63) is 47.8 Å². The van der Waals surface area contributed by atoms with Crippen LogP contribution in [0.25, 0.3) is 5.69 Å². The Morgan fingerprint density at radius 1 is 1.29 bits per heavy atom. The van der Waals surface area contributed by atoms with E-state index >= 15 is 0 Å². The molecule has 0 amide bonds. The summed E-state index contributed by atoms with van der Waals surface area (Å²) in [6.07, 6.45) is 10.1. The Morgan fingerprint density at radius 3 is 2.71 bits per heavy atom. The van der Waals surface area contributed by atoms with Gasteiger partial charge in [0.2, 0.25) is 0 Å². The van der Waals surface area contributed by atoms with E-state index in [1.54, 1.807) is 23.0 Å². The van der Waals surface area contributed by atoms with Crippen LogP contribution < -0.4 is 5.32 Å². The summed E-state index contributed by atoms with van der Waals surface area (Å²) in [7, 11) is 1.83. The summed E-state index contributed by atoms with van der Waals surface area (Å²) in [5, 5.41) is 3.42. The molecule has 2 fully saturated rings. The summed E-state index contributed by atoms with van der Waals surface area (Å²) >= 11 is 0. The highest BCUT2D eigenvalue weighted by molar-refractivity contribution is 14.0. The number of imidazole rings is 1.